The lowest BCUT2D eigenvalue weighted by Gasteiger charge is -2.08. The van der Waals surface area contributed by atoms with Crippen LogP contribution < -0.4 is 5.32 Å². The van der Waals surface area contributed by atoms with E-state index in [0.717, 1.165) is 12.2 Å². The number of nitrogens with zero attached hydrogens (tertiary/aromatic N) is 1. The SMILES string of the molecule is Cc1cccc(NCc2cnccc2C)c1. The van der Waals surface area contributed by atoms with Crippen molar-refractivity contribution in [2.45, 2.75) is 20.4 Å². The van der Waals surface area contributed by atoms with Crippen LogP contribution in [-0.4, -0.2) is 4.98 Å². The number of hydrogen-bond acceptors (Lipinski definition) is 2. The fourth-order valence-electron chi connectivity index (χ4n) is 1.63. The van der Waals surface area contributed by atoms with Crippen LogP contribution in [0.1, 0.15) is 16.7 Å². The molecule has 0 aliphatic heterocycles. The van der Waals surface area contributed by atoms with E-state index in [1.165, 1.54) is 16.7 Å². The summed E-state index contributed by atoms with van der Waals surface area (Å²) in [6, 6.07) is 10.4. The lowest BCUT2D eigenvalue weighted by Crippen LogP contribution is -2.01. The predicted molar refractivity (Wildman–Crippen MR) is 67.5 cm³/mol. The number of pyridine rings is 1. The summed E-state index contributed by atoms with van der Waals surface area (Å²) in [4.78, 5) is 4.14. The summed E-state index contributed by atoms with van der Waals surface area (Å²) in [7, 11) is 0. The number of hydrogen-bond donors (Lipinski definition) is 1. The van der Waals surface area contributed by atoms with E-state index in [-0.39, 0.29) is 0 Å². The maximum Gasteiger partial charge on any atom is 0.0418 e. The molecule has 0 fully saturated rings. The molecule has 0 saturated heterocycles. The van der Waals surface area contributed by atoms with Crippen molar-refractivity contribution in [3.8, 4) is 0 Å². The smallest absolute Gasteiger partial charge is 0.0418 e. The quantitative estimate of drug-likeness (QED) is 0.844. The Morgan fingerprint density at radius 1 is 1.19 bits per heavy atom. The Morgan fingerprint density at radius 3 is 2.81 bits per heavy atom. The minimum atomic E-state index is 0.823. The van der Waals surface area contributed by atoms with Crippen LogP contribution in [0.25, 0.3) is 0 Å². The molecule has 0 spiro atoms. The number of benzene rings is 1. The summed E-state index contributed by atoms with van der Waals surface area (Å²) in [6.07, 6.45) is 3.74. The van der Waals surface area contributed by atoms with Crippen molar-refractivity contribution in [3.05, 3.63) is 59.4 Å². The van der Waals surface area contributed by atoms with Gasteiger partial charge in [-0.1, -0.05) is 12.1 Å². The van der Waals surface area contributed by atoms with Crippen LogP contribution in [-0.2, 0) is 6.54 Å². The van der Waals surface area contributed by atoms with Crippen LogP contribution in [0.15, 0.2) is 42.7 Å². The summed E-state index contributed by atoms with van der Waals surface area (Å²) >= 11 is 0. The highest BCUT2D eigenvalue weighted by molar-refractivity contribution is 5.46. The first-order valence-electron chi connectivity index (χ1n) is 5.46. The average Bonchev–Trinajstić information content (AvgIpc) is 2.28. The molecule has 16 heavy (non-hydrogen) atoms. The molecular weight excluding hydrogens is 196 g/mol. The van der Waals surface area contributed by atoms with Gasteiger partial charge in [-0.2, -0.15) is 0 Å². The highest BCUT2D eigenvalue weighted by atomic mass is 14.9. The van der Waals surface area contributed by atoms with Gasteiger partial charge in [-0.05, 0) is 48.7 Å². The molecule has 0 unspecified atom stereocenters. The van der Waals surface area contributed by atoms with Crippen LogP contribution in [0.5, 0.6) is 0 Å². The summed E-state index contributed by atoms with van der Waals surface area (Å²) in [5, 5.41) is 3.40. The van der Waals surface area contributed by atoms with Gasteiger partial charge in [0.05, 0.1) is 0 Å². The summed E-state index contributed by atoms with van der Waals surface area (Å²) < 4.78 is 0. The van der Waals surface area contributed by atoms with Gasteiger partial charge in [-0.25, -0.2) is 0 Å². The zero-order chi connectivity index (χ0) is 11.4. The molecule has 82 valence electrons. The molecule has 0 saturated carbocycles. The van der Waals surface area contributed by atoms with E-state index in [9.17, 15) is 0 Å². The molecule has 0 aliphatic carbocycles. The van der Waals surface area contributed by atoms with Crippen molar-refractivity contribution >= 4 is 5.69 Å². The minimum Gasteiger partial charge on any atom is -0.381 e. The van der Waals surface area contributed by atoms with Gasteiger partial charge in [0, 0.05) is 24.6 Å². The molecule has 2 nitrogen and oxygen atoms in total. The Labute approximate surface area is 96.4 Å². The lowest BCUT2D eigenvalue weighted by molar-refractivity contribution is 1.08. The molecule has 1 aromatic heterocycles. The van der Waals surface area contributed by atoms with E-state index in [2.05, 4.69) is 48.4 Å². The van der Waals surface area contributed by atoms with E-state index >= 15 is 0 Å². The van der Waals surface area contributed by atoms with Crippen molar-refractivity contribution in [2.24, 2.45) is 0 Å². The molecular formula is C14H16N2. The van der Waals surface area contributed by atoms with E-state index in [4.69, 9.17) is 0 Å². The first-order valence-corrected chi connectivity index (χ1v) is 5.46. The van der Waals surface area contributed by atoms with Crippen molar-refractivity contribution < 1.29 is 0 Å². The Bertz CT molecular complexity index is 478. The molecule has 1 aromatic carbocycles. The molecule has 0 atom stereocenters. The summed E-state index contributed by atoms with van der Waals surface area (Å²) in [5.41, 5.74) is 4.94. The Balaban J connectivity index is 2.05. The second-order valence-corrected chi connectivity index (χ2v) is 4.03. The molecule has 1 N–H and O–H groups in total. The van der Waals surface area contributed by atoms with Crippen molar-refractivity contribution in [1.82, 2.24) is 4.98 Å². The molecule has 1 heterocycles. The molecule has 0 bridgehead atoms. The van der Waals surface area contributed by atoms with Gasteiger partial charge < -0.3 is 5.32 Å². The van der Waals surface area contributed by atoms with Crippen LogP contribution in [0, 0.1) is 13.8 Å². The fraction of sp³-hybridized carbons (Fsp3) is 0.214. The minimum absolute atomic E-state index is 0.823. The summed E-state index contributed by atoms with van der Waals surface area (Å²) in [5.74, 6) is 0. The van der Waals surface area contributed by atoms with E-state index in [1.807, 2.05) is 18.5 Å². The second-order valence-electron chi connectivity index (χ2n) is 4.03. The monoisotopic (exact) mass is 212 g/mol. The van der Waals surface area contributed by atoms with Crippen LogP contribution in [0.2, 0.25) is 0 Å². The van der Waals surface area contributed by atoms with Crippen LogP contribution in [0.3, 0.4) is 0 Å². The maximum absolute atomic E-state index is 4.14. The third-order valence-electron chi connectivity index (χ3n) is 2.65. The normalized spacial score (nSPS) is 10.1. The molecule has 0 aliphatic rings. The van der Waals surface area contributed by atoms with Gasteiger partial charge in [0.25, 0.3) is 0 Å². The molecule has 2 heteroatoms. The fourth-order valence-corrected chi connectivity index (χ4v) is 1.63. The zero-order valence-corrected chi connectivity index (χ0v) is 9.70. The van der Waals surface area contributed by atoms with Crippen LogP contribution >= 0.6 is 0 Å². The number of anilines is 1. The average molecular weight is 212 g/mol. The van der Waals surface area contributed by atoms with Crippen molar-refractivity contribution in [1.29, 1.82) is 0 Å². The van der Waals surface area contributed by atoms with Gasteiger partial charge in [0.15, 0.2) is 0 Å². The summed E-state index contributed by atoms with van der Waals surface area (Å²) in [6.45, 7) is 5.03. The number of nitrogens with one attached hydrogen (secondary N) is 1. The van der Waals surface area contributed by atoms with E-state index in [0.29, 0.717) is 0 Å². The van der Waals surface area contributed by atoms with Crippen LogP contribution in [0.4, 0.5) is 5.69 Å². The lowest BCUT2D eigenvalue weighted by atomic mass is 10.1. The van der Waals surface area contributed by atoms with Gasteiger partial charge in [-0.3, -0.25) is 4.98 Å². The van der Waals surface area contributed by atoms with Gasteiger partial charge in [0.2, 0.25) is 0 Å². The Kier molecular flexibility index (Phi) is 3.20. The van der Waals surface area contributed by atoms with Crippen molar-refractivity contribution in [2.75, 3.05) is 5.32 Å². The molecule has 2 rings (SSSR count). The number of rotatable bonds is 3. The zero-order valence-electron chi connectivity index (χ0n) is 9.70. The van der Waals surface area contributed by atoms with Gasteiger partial charge in [0.1, 0.15) is 0 Å². The highest BCUT2D eigenvalue weighted by Gasteiger charge is 1.97. The first-order chi connectivity index (χ1) is 7.75. The third kappa shape index (κ3) is 2.60. The molecule has 2 aromatic rings. The van der Waals surface area contributed by atoms with E-state index < -0.39 is 0 Å². The number of aryl methyl sites for hydroxylation is 2. The van der Waals surface area contributed by atoms with Gasteiger partial charge >= 0.3 is 0 Å². The predicted octanol–water partition coefficient (Wildman–Crippen LogP) is 3.31. The van der Waals surface area contributed by atoms with Crippen molar-refractivity contribution in [3.63, 3.8) is 0 Å². The highest BCUT2D eigenvalue weighted by Crippen LogP contribution is 2.12. The topological polar surface area (TPSA) is 24.9 Å². The standard InChI is InChI=1S/C14H16N2/c1-11-4-3-5-14(8-11)16-10-13-9-15-7-6-12(13)2/h3-9,16H,10H2,1-2H3. The largest absolute Gasteiger partial charge is 0.381 e. The Hall–Kier alpha value is -1.83. The van der Waals surface area contributed by atoms with E-state index in [1.54, 1.807) is 0 Å². The van der Waals surface area contributed by atoms with Gasteiger partial charge in [-0.15, -0.1) is 0 Å². The first kappa shape index (κ1) is 10.7. The maximum atomic E-state index is 4.14. The molecule has 0 radical (unpaired) electrons. The number of aromatic nitrogens is 1. The molecule has 0 amide bonds. The third-order valence-corrected chi connectivity index (χ3v) is 2.65. The second kappa shape index (κ2) is 4.79. The Morgan fingerprint density at radius 2 is 2.06 bits per heavy atom.